The van der Waals surface area contributed by atoms with Crippen molar-refractivity contribution in [3.8, 4) is 0 Å². The molecule has 6 N–H and O–H groups in total. The lowest BCUT2D eigenvalue weighted by atomic mass is 10.0. The molecule has 256 valence electrons. The van der Waals surface area contributed by atoms with E-state index in [0.29, 0.717) is 64.1 Å². The molecule has 2 saturated heterocycles. The van der Waals surface area contributed by atoms with Gasteiger partial charge in [-0.1, -0.05) is 10.4 Å². The molecule has 4 rings (SSSR count). The number of rotatable bonds is 18. The summed E-state index contributed by atoms with van der Waals surface area (Å²) in [6, 6.07) is 0. The van der Waals surface area contributed by atoms with Crippen LogP contribution < -0.4 is 0 Å². The maximum absolute atomic E-state index is 10.0. The van der Waals surface area contributed by atoms with Gasteiger partial charge in [0.25, 0.3) is 0 Å². The van der Waals surface area contributed by atoms with E-state index in [2.05, 4.69) is 20.6 Å². The minimum absolute atomic E-state index is 0.00374. The molecule has 10 atom stereocenters. The highest BCUT2D eigenvalue weighted by Gasteiger charge is 2.43. The Balaban J connectivity index is 0.972. The van der Waals surface area contributed by atoms with E-state index in [9.17, 15) is 30.6 Å². The molecular formula is C26H44N6O13. The van der Waals surface area contributed by atoms with Gasteiger partial charge in [-0.3, -0.25) is 0 Å². The summed E-state index contributed by atoms with van der Waals surface area (Å²) >= 11 is 0. The quantitative estimate of drug-likeness (QED) is 0.0852. The van der Waals surface area contributed by atoms with E-state index in [4.69, 9.17) is 33.2 Å². The van der Waals surface area contributed by atoms with Gasteiger partial charge in [0.1, 0.15) is 48.0 Å². The smallest absolute Gasteiger partial charge is 0.186 e. The highest BCUT2D eigenvalue weighted by atomic mass is 16.7. The zero-order chi connectivity index (χ0) is 32.3. The van der Waals surface area contributed by atoms with Crippen molar-refractivity contribution in [2.75, 3.05) is 39.6 Å². The first-order valence-electron chi connectivity index (χ1n) is 14.8. The predicted octanol–water partition coefficient (Wildman–Crippen LogP) is -3.69. The van der Waals surface area contributed by atoms with Gasteiger partial charge < -0.3 is 63.8 Å². The minimum atomic E-state index is -1.38. The lowest BCUT2D eigenvalue weighted by molar-refractivity contribution is -0.296. The van der Waals surface area contributed by atoms with Gasteiger partial charge in [-0.2, -0.15) is 0 Å². The minimum Gasteiger partial charge on any atom is -0.388 e. The van der Waals surface area contributed by atoms with Crippen LogP contribution in [-0.2, 0) is 59.5 Å². The Morgan fingerprint density at radius 2 is 0.956 bits per heavy atom. The van der Waals surface area contributed by atoms with Crippen LogP contribution >= 0.6 is 0 Å². The standard InChI is InChI=1S/C26H44N6O13/c1-15-19(33)21(35)23(37)25(44-15)42-13-17-11-31(29-27-17)3-5-39-7-9-41-10-8-40-6-4-32-12-18(28-30-32)14-43-26-24(38)22(36)20(34)16(2)45-26/h11-12,15-16,19-26,33-38H,3-10,13-14H2,1-2H3/t15?,16?,19-,20-,21?,22?,23-,24?,25-,26-/m1/s1. The normalized spacial score (nSPS) is 32.3. The highest BCUT2D eigenvalue weighted by molar-refractivity contribution is 4.93. The SMILES string of the molecule is CC1O[C@@H](OCc2cn(CCOCCOCCOCCn3cc(CO[C@@H]4OC(C)[C@@H](O)C(O)[C@H]4O)nn3)nn2)C(O)C(O)[C@@H]1O. The Morgan fingerprint density at radius 1 is 0.578 bits per heavy atom. The molecule has 19 heteroatoms. The van der Waals surface area contributed by atoms with Gasteiger partial charge >= 0.3 is 0 Å². The topological polar surface area (TPSA) is 247 Å². The molecule has 0 aliphatic carbocycles. The number of aliphatic hydroxyl groups is 6. The summed E-state index contributed by atoms with van der Waals surface area (Å²) in [5.74, 6) is 0. The van der Waals surface area contributed by atoms with Crippen LogP contribution in [0.5, 0.6) is 0 Å². The second-order valence-electron chi connectivity index (χ2n) is 10.8. The average molecular weight is 649 g/mol. The highest BCUT2D eigenvalue weighted by Crippen LogP contribution is 2.23. The molecule has 2 aromatic rings. The van der Waals surface area contributed by atoms with Gasteiger partial charge in [-0.25, -0.2) is 9.36 Å². The van der Waals surface area contributed by atoms with Crippen molar-refractivity contribution in [1.29, 1.82) is 0 Å². The molecule has 5 unspecified atom stereocenters. The maximum Gasteiger partial charge on any atom is 0.186 e. The fourth-order valence-electron chi connectivity index (χ4n) is 4.52. The van der Waals surface area contributed by atoms with Gasteiger partial charge in [0.15, 0.2) is 12.6 Å². The third kappa shape index (κ3) is 10.4. The summed E-state index contributed by atoms with van der Waals surface area (Å²) in [6.45, 7) is 6.42. The van der Waals surface area contributed by atoms with Crippen molar-refractivity contribution < 1.29 is 63.8 Å². The number of hydrogen-bond donors (Lipinski definition) is 6. The average Bonchev–Trinajstić information content (AvgIpc) is 3.69. The van der Waals surface area contributed by atoms with Crippen LogP contribution in [0.25, 0.3) is 0 Å². The van der Waals surface area contributed by atoms with Crippen LogP contribution in [-0.4, -0.2) is 162 Å². The Labute approximate surface area is 259 Å². The number of ether oxygens (including phenoxy) is 7. The largest absolute Gasteiger partial charge is 0.388 e. The van der Waals surface area contributed by atoms with Crippen molar-refractivity contribution in [1.82, 2.24) is 30.0 Å². The fourth-order valence-corrected chi connectivity index (χ4v) is 4.52. The van der Waals surface area contributed by atoms with Crippen LogP contribution in [0, 0.1) is 0 Å². The summed E-state index contributed by atoms with van der Waals surface area (Å²) in [4.78, 5) is 0. The molecule has 45 heavy (non-hydrogen) atoms. The van der Waals surface area contributed by atoms with Crippen molar-refractivity contribution >= 4 is 0 Å². The molecule has 2 aliphatic heterocycles. The van der Waals surface area contributed by atoms with Crippen molar-refractivity contribution in [2.24, 2.45) is 0 Å². The van der Waals surface area contributed by atoms with E-state index in [0.717, 1.165) is 0 Å². The number of nitrogens with zero attached hydrogens (tertiary/aromatic N) is 6. The molecule has 0 spiro atoms. The van der Waals surface area contributed by atoms with Crippen LogP contribution in [0.2, 0.25) is 0 Å². The lowest BCUT2D eigenvalue weighted by Crippen LogP contribution is -2.57. The monoisotopic (exact) mass is 648 g/mol. The molecule has 2 aromatic heterocycles. The number of aromatic nitrogens is 6. The first kappa shape index (κ1) is 35.6. The molecule has 2 aliphatic rings. The predicted molar refractivity (Wildman–Crippen MR) is 147 cm³/mol. The summed E-state index contributed by atoms with van der Waals surface area (Å²) in [5.41, 5.74) is 1.01. The Kier molecular flexibility index (Phi) is 13.9. The van der Waals surface area contributed by atoms with E-state index < -0.39 is 61.4 Å². The molecule has 19 nitrogen and oxygen atoms in total. The van der Waals surface area contributed by atoms with Crippen molar-refractivity contribution in [2.45, 2.75) is 102 Å². The fraction of sp³-hybridized carbons (Fsp3) is 0.846. The molecule has 0 bridgehead atoms. The first-order valence-corrected chi connectivity index (χ1v) is 14.8. The zero-order valence-electron chi connectivity index (χ0n) is 25.2. The Morgan fingerprint density at radius 3 is 1.36 bits per heavy atom. The molecule has 0 aromatic carbocycles. The van der Waals surface area contributed by atoms with E-state index in [1.807, 2.05) is 0 Å². The van der Waals surface area contributed by atoms with Gasteiger partial charge in [0.05, 0.1) is 90.5 Å². The van der Waals surface area contributed by atoms with Gasteiger partial charge in [0.2, 0.25) is 0 Å². The molecule has 0 saturated carbocycles. The molecule has 0 radical (unpaired) electrons. The number of aliphatic hydroxyl groups excluding tert-OH is 6. The van der Waals surface area contributed by atoms with E-state index in [1.54, 1.807) is 35.6 Å². The van der Waals surface area contributed by atoms with Gasteiger partial charge in [0, 0.05) is 0 Å². The molecular weight excluding hydrogens is 604 g/mol. The van der Waals surface area contributed by atoms with Crippen molar-refractivity contribution in [3.05, 3.63) is 23.8 Å². The third-order valence-electron chi connectivity index (χ3n) is 7.25. The summed E-state index contributed by atoms with van der Waals surface area (Å²) in [5, 5.41) is 75.3. The molecule has 4 heterocycles. The van der Waals surface area contributed by atoms with Gasteiger partial charge in [-0.15, -0.1) is 10.2 Å². The molecule has 2 fully saturated rings. The van der Waals surface area contributed by atoms with E-state index in [1.165, 1.54) is 0 Å². The van der Waals surface area contributed by atoms with Gasteiger partial charge in [-0.05, 0) is 13.8 Å². The van der Waals surface area contributed by atoms with E-state index in [-0.39, 0.29) is 13.2 Å². The molecule has 0 amide bonds. The zero-order valence-corrected chi connectivity index (χ0v) is 25.2. The second kappa shape index (κ2) is 17.6. The van der Waals surface area contributed by atoms with Crippen LogP contribution in [0.1, 0.15) is 25.2 Å². The summed E-state index contributed by atoms with van der Waals surface area (Å²) in [6.07, 6.45) is -8.10. The lowest BCUT2D eigenvalue weighted by Gasteiger charge is -2.38. The van der Waals surface area contributed by atoms with Crippen LogP contribution in [0.15, 0.2) is 12.4 Å². The third-order valence-corrected chi connectivity index (χ3v) is 7.25. The van der Waals surface area contributed by atoms with E-state index >= 15 is 0 Å². The van der Waals surface area contributed by atoms with Crippen LogP contribution in [0.3, 0.4) is 0 Å². The first-order chi connectivity index (χ1) is 21.6. The van der Waals surface area contributed by atoms with Crippen LogP contribution in [0.4, 0.5) is 0 Å². The number of hydrogen-bond acceptors (Lipinski definition) is 17. The second-order valence-corrected chi connectivity index (χ2v) is 10.8. The Hall–Kier alpha value is -2.24. The maximum atomic E-state index is 10.0. The van der Waals surface area contributed by atoms with Crippen molar-refractivity contribution in [3.63, 3.8) is 0 Å². The summed E-state index contributed by atoms with van der Waals surface area (Å²) in [7, 11) is 0. The Bertz CT molecular complexity index is 1040. The summed E-state index contributed by atoms with van der Waals surface area (Å²) < 4.78 is 41.6.